The lowest BCUT2D eigenvalue weighted by molar-refractivity contribution is 0.327. The normalized spacial score (nSPS) is 23.7. The van der Waals surface area contributed by atoms with Crippen LogP contribution in [0.1, 0.15) is 38.7 Å². The monoisotopic (exact) mass is 353 g/mol. The van der Waals surface area contributed by atoms with Crippen molar-refractivity contribution in [2.24, 2.45) is 0 Å². The van der Waals surface area contributed by atoms with Crippen molar-refractivity contribution in [3.63, 3.8) is 0 Å². The number of rotatable bonds is 4. The Morgan fingerprint density at radius 2 is 2.05 bits per heavy atom. The highest BCUT2D eigenvalue weighted by Gasteiger charge is 2.40. The first-order valence-corrected chi connectivity index (χ1v) is 9.25. The summed E-state index contributed by atoms with van der Waals surface area (Å²) in [5.41, 5.74) is 0.0997. The highest BCUT2D eigenvalue weighted by Crippen LogP contribution is 2.35. The minimum Gasteiger partial charge on any atom is -0.207 e. The zero-order chi connectivity index (χ0) is 15.8. The number of nitrogens with zero attached hydrogens (tertiary/aromatic N) is 1. The second-order valence-corrected chi connectivity index (χ2v) is 7.85. The van der Waals surface area contributed by atoms with Crippen LogP contribution < -0.4 is 0 Å². The molecule has 2 unspecified atom stereocenters. The van der Waals surface area contributed by atoms with Gasteiger partial charge in [0.25, 0.3) is 0 Å². The SMILES string of the molecule is CCC1CCC(C)N1S(=O)(=O)c1cc(Cl)cc(CCl)c1F. The van der Waals surface area contributed by atoms with Gasteiger partial charge in [0, 0.05) is 22.7 Å². The molecule has 118 valence electrons. The molecule has 0 amide bonds. The Balaban J connectivity index is 2.56. The molecule has 1 aliphatic rings. The first-order valence-electron chi connectivity index (χ1n) is 6.90. The molecule has 0 saturated carbocycles. The third-order valence-electron chi connectivity index (χ3n) is 3.96. The lowest BCUT2D eigenvalue weighted by Gasteiger charge is -2.27. The van der Waals surface area contributed by atoms with E-state index in [1.807, 2.05) is 13.8 Å². The van der Waals surface area contributed by atoms with Crippen molar-refractivity contribution in [1.29, 1.82) is 0 Å². The number of sulfonamides is 1. The standard InChI is InChI=1S/C14H18Cl2FNO2S/c1-3-12-5-4-9(2)18(12)21(19,20)13-7-11(16)6-10(8-15)14(13)17/h6-7,9,12H,3-5,8H2,1-2H3. The molecule has 2 rings (SSSR count). The molecule has 1 fully saturated rings. The van der Waals surface area contributed by atoms with Crippen LogP contribution in [-0.4, -0.2) is 24.8 Å². The smallest absolute Gasteiger partial charge is 0.207 e. The van der Waals surface area contributed by atoms with E-state index in [4.69, 9.17) is 23.2 Å². The van der Waals surface area contributed by atoms with E-state index in [1.165, 1.54) is 16.4 Å². The van der Waals surface area contributed by atoms with Gasteiger partial charge in [-0.3, -0.25) is 0 Å². The maximum Gasteiger partial charge on any atom is 0.246 e. The molecule has 0 bridgehead atoms. The lowest BCUT2D eigenvalue weighted by Crippen LogP contribution is -2.40. The van der Waals surface area contributed by atoms with Gasteiger partial charge < -0.3 is 0 Å². The molecule has 21 heavy (non-hydrogen) atoms. The van der Waals surface area contributed by atoms with Crippen molar-refractivity contribution in [2.45, 2.75) is 56.0 Å². The topological polar surface area (TPSA) is 37.4 Å². The van der Waals surface area contributed by atoms with Crippen molar-refractivity contribution in [3.05, 3.63) is 28.5 Å². The Kier molecular flexibility index (Phi) is 5.19. The number of hydrogen-bond acceptors (Lipinski definition) is 2. The number of hydrogen-bond donors (Lipinski definition) is 0. The van der Waals surface area contributed by atoms with E-state index in [1.54, 1.807) is 0 Å². The first-order chi connectivity index (χ1) is 9.82. The number of alkyl halides is 1. The Morgan fingerprint density at radius 3 is 2.62 bits per heavy atom. The second kappa shape index (κ2) is 6.41. The van der Waals surface area contributed by atoms with Crippen LogP contribution in [-0.2, 0) is 15.9 Å². The summed E-state index contributed by atoms with van der Waals surface area (Å²) in [4.78, 5) is -0.377. The van der Waals surface area contributed by atoms with Crippen LogP contribution >= 0.6 is 23.2 Å². The molecule has 0 N–H and O–H groups in total. The third-order valence-corrected chi connectivity index (χ3v) is 6.53. The van der Waals surface area contributed by atoms with E-state index in [0.29, 0.717) is 6.42 Å². The zero-order valence-corrected chi connectivity index (χ0v) is 14.3. The Hall–Kier alpha value is -0.360. The molecular weight excluding hydrogens is 336 g/mol. The van der Waals surface area contributed by atoms with Gasteiger partial charge in [-0.25, -0.2) is 12.8 Å². The van der Waals surface area contributed by atoms with Gasteiger partial charge in [-0.05, 0) is 38.3 Å². The molecule has 1 aromatic rings. The summed E-state index contributed by atoms with van der Waals surface area (Å²) in [6, 6.07) is 2.29. The van der Waals surface area contributed by atoms with Crippen LogP contribution in [0.2, 0.25) is 5.02 Å². The Morgan fingerprint density at radius 1 is 1.38 bits per heavy atom. The number of benzene rings is 1. The Labute approximate surface area is 135 Å². The van der Waals surface area contributed by atoms with Gasteiger partial charge in [-0.15, -0.1) is 11.6 Å². The summed E-state index contributed by atoms with van der Waals surface area (Å²) in [5.74, 6) is -0.926. The van der Waals surface area contributed by atoms with E-state index in [-0.39, 0.29) is 33.4 Å². The highest BCUT2D eigenvalue weighted by atomic mass is 35.5. The fraction of sp³-hybridized carbons (Fsp3) is 0.571. The average molecular weight is 354 g/mol. The van der Waals surface area contributed by atoms with Crippen molar-refractivity contribution < 1.29 is 12.8 Å². The van der Waals surface area contributed by atoms with Gasteiger partial charge in [0.05, 0.1) is 5.88 Å². The van der Waals surface area contributed by atoms with Crippen molar-refractivity contribution in [1.82, 2.24) is 4.31 Å². The van der Waals surface area contributed by atoms with Gasteiger partial charge in [-0.2, -0.15) is 4.31 Å². The van der Waals surface area contributed by atoms with E-state index >= 15 is 0 Å². The lowest BCUT2D eigenvalue weighted by atomic mass is 10.2. The van der Waals surface area contributed by atoms with E-state index in [2.05, 4.69) is 0 Å². The van der Waals surface area contributed by atoms with E-state index in [0.717, 1.165) is 12.8 Å². The number of halogens is 3. The summed E-state index contributed by atoms with van der Waals surface area (Å²) in [7, 11) is -3.92. The van der Waals surface area contributed by atoms with Crippen LogP contribution in [0.3, 0.4) is 0 Å². The average Bonchev–Trinajstić information content (AvgIpc) is 2.82. The summed E-state index contributed by atoms with van der Waals surface area (Å²) < 4.78 is 41.5. The molecule has 2 atom stereocenters. The van der Waals surface area contributed by atoms with Gasteiger partial charge in [0.15, 0.2) is 0 Å². The predicted molar refractivity (Wildman–Crippen MR) is 82.8 cm³/mol. The van der Waals surface area contributed by atoms with Crippen molar-refractivity contribution in [3.8, 4) is 0 Å². The van der Waals surface area contributed by atoms with Gasteiger partial charge in [0.2, 0.25) is 10.0 Å². The third kappa shape index (κ3) is 3.07. The van der Waals surface area contributed by atoms with E-state index < -0.39 is 15.8 Å². The first kappa shape index (κ1) is 17.0. The Bertz CT molecular complexity index is 636. The highest BCUT2D eigenvalue weighted by molar-refractivity contribution is 7.89. The molecule has 3 nitrogen and oxygen atoms in total. The summed E-state index contributed by atoms with van der Waals surface area (Å²) in [5, 5.41) is 0.172. The molecule has 1 heterocycles. The van der Waals surface area contributed by atoms with Crippen LogP contribution in [0, 0.1) is 5.82 Å². The largest absolute Gasteiger partial charge is 0.246 e. The minimum absolute atomic E-state index is 0.0946. The van der Waals surface area contributed by atoms with Gasteiger partial charge >= 0.3 is 0 Å². The van der Waals surface area contributed by atoms with Crippen LogP contribution in [0.5, 0.6) is 0 Å². The van der Waals surface area contributed by atoms with E-state index in [9.17, 15) is 12.8 Å². The molecule has 0 spiro atoms. The molecular formula is C14H18Cl2FNO2S. The van der Waals surface area contributed by atoms with Crippen LogP contribution in [0.4, 0.5) is 4.39 Å². The molecule has 1 aliphatic heterocycles. The minimum atomic E-state index is -3.92. The summed E-state index contributed by atoms with van der Waals surface area (Å²) in [6.45, 7) is 3.78. The molecule has 7 heteroatoms. The molecule has 0 radical (unpaired) electrons. The summed E-state index contributed by atoms with van der Waals surface area (Å²) in [6.07, 6.45) is 2.28. The fourth-order valence-corrected chi connectivity index (χ4v) is 5.47. The maximum atomic E-state index is 14.4. The fourth-order valence-electron chi connectivity index (χ4n) is 2.88. The van der Waals surface area contributed by atoms with Crippen molar-refractivity contribution >= 4 is 33.2 Å². The quantitative estimate of drug-likeness (QED) is 0.761. The maximum absolute atomic E-state index is 14.4. The molecule has 1 aromatic carbocycles. The molecule has 1 saturated heterocycles. The van der Waals surface area contributed by atoms with Crippen LogP contribution in [0.15, 0.2) is 17.0 Å². The second-order valence-electron chi connectivity index (χ2n) is 5.33. The predicted octanol–water partition coefficient (Wildman–Crippen LogP) is 4.17. The zero-order valence-electron chi connectivity index (χ0n) is 11.9. The van der Waals surface area contributed by atoms with Gasteiger partial charge in [-0.1, -0.05) is 18.5 Å². The molecule has 0 aromatic heterocycles. The van der Waals surface area contributed by atoms with Crippen molar-refractivity contribution in [2.75, 3.05) is 0 Å². The van der Waals surface area contributed by atoms with Crippen LogP contribution in [0.25, 0.3) is 0 Å². The van der Waals surface area contributed by atoms with Gasteiger partial charge in [0.1, 0.15) is 10.7 Å². The summed E-state index contributed by atoms with van der Waals surface area (Å²) >= 11 is 11.6. The molecule has 0 aliphatic carbocycles.